The second-order valence-electron chi connectivity index (χ2n) is 9.65. The van der Waals surface area contributed by atoms with Crippen LogP contribution in [-0.2, 0) is 18.2 Å². The molecule has 0 amide bonds. The molecule has 1 aliphatic rings. The van der Waals surface area contributed by atoms with Gasteiger partial charge in [0, 0.05) is 62.1 Å². The average molecular weight is 488 g/mol. The third-order valence-corrected chi connectivity index (χ3v) is 7.02. The fraction of sp³-hybridized carbons (Fsp3) is 0.444. The van der Waals surface area contributed by atoms with Crippen molar-refractivity contribution in [3.63, 3.8) is 0 Å². The van der Waals surface area contributed by atoms with Gasteiger partial charge in [0.25, 0.3) is 0 Å². The first-order valence-electron chi connectivity index (χ1n) is 12.4. The van der Waals surface area contributed by atoms with Gasteiger partial charge in [-0.25, -0.2) is 15.0 Å². The Hall–Kier alpha value is -3.59. The molecule has 0 unspecified atom stereocenters. The molecule has 0 N–H and O–H groups in total. The Morgan fingerprint density at radius 3 is 2.61 bits per heavy atom. The van der Waals surface area contributed by atoms with Crippen LogP contribution in [0.1, 0.15) is 43.8 Å². The van der Waals surface area contributed by atoms with E-state index in [9.17, 15) is 0 Å². The fourth-order valence-electron chi connectivity index (χ4n) is 4.74. The van der Waals surface area contributed by atoms with Crippen LogP contribution in [0.4, 0.5) is 5.82 Å². The van der Waals surface area contributed by atoms with E-state index in [4.69, 9.17) is 24.4 Å². The van der Waals surface area contributed by atoms with Gasteiger partial charge in [-0.1, -0.05) is 12.1 Å². The zero-order valence-corrected chi connectivity index (χ0v) is 21.7. The predicted octanol–water partition coefficient (Wildman–Crippen LogP) is 4.12. The maximum atomic E-state index is 5.99. The lowest BCUT2D eigenvalue weighted by Gasteiger charge is -2.39. The highest BCUT2D eigenvalue weighted by molar-refractivity contribution is 5.88. The monoisotopic (exact) mass is 487 g/mol. The second-order valence-corrected chi connectivity index (χ2v) is 9.65. The summed E-state index contributed by atoms with van der Waals surface area (Å²) < 4.78 is 13.6. The molecule has 5 rings (SSSR count). The zero-order chi connectivity index (χ0) is 25.3. The van der Waals surface area contributed by atoms with Gasteiger partial charge in [0.05, 0.1) is 12.2 Å². The zero-order valence-electron chi connectivity index (χ0n) is 21.7. The molecule has 1 aromatic carbocycles. The SMILES string of the molecule is CCOc1cc(-c2nncn2C)ccc1Cc1ncc2cc(C)nc(N3CCC(C)(OC)CC3)c2n1. The van der Waals surface area contributed by atoms with E-state index in [1.807, 2.05) is 49.9 Å². The summed E-state index contributed by atoms with van der Waals surface area (Å²) in [4.78, 5) is 16.9. The molecule has 0 radical (unpaired) electrons. The number of aryl methyl sites for hydroxylation is 2. The molecule has 188 valence electrons. The predicted molar refractivity (Wildman–Crippen MR) is 139 cm³/mol. The summed E-state index contributed by atoms with van der Waals surface area (Å²) in [6.45, 7) is 8.51. The van der Waals surface area contributed by atoms with Crippen LogP contribution in [0.15, 0.2) is 36.8 Å². The highest BCUT2D eigenvalue weighted by Gasteiger charge is 2.31. The van der Waals surface area contributed by atoms with Crippen molar-refractivity contribution >= 4 is 16.7 Å². The molecule has 4 heterocycles. The van der Waals surface area contributed by atoms with Crippen molar-refractivity contribution < 1.29 is 9.47 Å². The van der Waals surface area contributed by atoms with Gasteiger partial charge in [-0.2, -0.15) is 0 Å². The summed E-state index contributed by atoms with van der Waals surface area (Å²) in [5.41, 5.74) is 3.75. The van der Waals surface area contributed by atoms with E-state index in [0.717, 1.165) is 76.9 Å². The number of benzene rings is 1. The van der Waals surface area contributed by atoms with E-state index in [0.29, 0.717) is 13.0 Å². The van der Waals surface area contributed by atoms with Crippen LogP contribution in [0, 0.1) is 6.92 Å². The van der Waals surface area contributed by atoms with Crippen molar-refractivity contribution in [1.29, 1.82) is 0 Å². The molecule has 36 heavy (non-hydrogen) atoms. The van der Waals surface area contributed by atoms with Gasteiger partial charge in [0.15, 0.2) is 11.6 Å². The molecule has 0 atom stereocenters. The number of rotatable bonds is 7. The molecule has 9 nitrogen and oxygen atoms in total. The fourth-order valence-corrected chi connectivity index (χ4v) is 4.74. The number of pyridine rings is 1. The van der Waals surface area contributed by atoms with Crippen LogP contribution < -0.4 is 9.64 Å². The van der Waals surface area contributed by atoms with Crippen molar-refractivity contribution in [2.45, 2.75) is 45.6 Å². The molecular weight excluding hydrogens is 454 g/mol. The van der Waals surface area contributed by atoms with Crippen LogP contribution in [-0.4, -0.2) is 62.1 Å². The molecule has 1 aliphatic heterocycles. The third-order valence-electron chi connectivity index (χ3n) is 7.02. The van der Waals surface area contributed by atoms with Crippen molar-refractivity contribution in [2.75, 3.05) is 31.7 Å². The summed E-state index contributed by atoms with van der Waals surface area (Å²) in [6.07, 6.45) is 6.06. The Bertz CT molecular complexity index is 1380. The smallest absolute Gasteiger partial charge is 0.163 e. The molecular formula is C27H33N7O2. The first-order chi connectivity index (χ1) is 17.4. The summed E-state index contributed by atoms with van der Waals surface area (Å²) in [6, 6.07) is 8.17. The number of fused-ring (bicyclic) bond motifs is 1. The minimum Gasteiger partial charge on any atom is -0.494 e. The lowest BCUT2D eigenvalue weighted by molar-refractivity contribution is -0.0133. The maximum Gasteiger partial charge on any atom is 0.163 e. The van der Waals surface area contributed by atoms with E-state index in [-0.39, 0.29) is 5.60 Å². The summed E-state index contributed by atoms with van der Waals surface area (Å²) in [5, 5.41) is 9.22. The summed E-state index contributed by atoms with van der Waals surface area (Å²) in [5.74, 6) is 3.26. The van der Waals surface area contributed by atoms with Crippen LogP contribution >= 0.6 is 0 Å². The quantitative estimate of drug-likeness (QED) is 0.384. The largest absolute Gasteiger partial charge is 0.494 e. The Labute approximate surface area is 211 Å². The van der Waals surface area contributed by atoms with Gasteiger partial charge in [-0.05, 0) is 45.7 Å². The minimum absolute atomic E-state index is 0.0802. The van der Waals surface area contributed by atoms with Gasteiger partial charge in [0.2, 0.25) is 0 Å². The van der Waals surface area contributed by atoms with Crippen LogP contribution in [0.3, 0.4) is 0 Å². The molecule has 0 spiro atoms. The van der Waals surface area contributed by atoms with Gasteiger partial charge in [-0.3, -0.25) is 0 Å². The van der Waals surface area contributed by atoms with E-state index in [1.165, 1.54) is 0 Å². The lowest BCUT2D eigenvalue weighted by atomic mass is 9.93. The van der Waals surface area contributed by atoms with E-state index in [2.05, 4.69) is 28.1 Å². The molecule has 4 aromatic rings. The van der Waals surface area contributed by atoms with Gasteiger partial charge < -0.3 is 18.9 Å². The summed E-state index contributed by atoms with van der Waals surface area (Å²) in [7, 11) is 3.73. The Morgan fingerprint density at radius 2 is 1.92 bits per heavy atom. The first kappa shape index (κ1) is 24.1. The standard InChI is InChI=1S/C27H33N7O2/c1-6-36-22-14-20(25-32-29-17-33(25)4)8-7-19(22)15-23-28-16-21-13-18(2)30-26(24(21)31-23)34-11-9-27(3,35-5)10-12-34/h7-8,13-14,16-17H,6,9-12,15H2,1-5H3. The van der Waals surface area contributed by atoms with Crippen molar-refractivity contribution in [1.82, 2.24) is 29.7 Å². The number of hydrogen-bond acceptors (Lipinski definition) is 8. The first-order valence-corrected chi connectivity index (χ1v) is 12.4. The van der Waals surface area contributed by atoms with Crippen molar-refractivity contribution in [3.05, 3.63) is 53.9 Å². The van der Waals surface area contributed by atoms with Crippen LogP contribution in [0.5, 0.6) is 5.75 Å². The maximum absolute atomic E-state index is 5.99. The number of methoxy groups -OCH3 is 1. The number of aromatic nitrogens is 6. The third kappa shape index (κ3) is 4.75. The molecule has 9 heteroatoms. The van der Waals surface area contributed by atoms with Crippen molar-refractivity contribution in [2.24, 2.45) is 7.05 Å². The Kier molecular flexibility index (Phi) is 6.57. The van der Waals surface area contributed by atoms with Gasteiger partial charge in [0.1, 0.15) is 23.4 Å². The molecule has 0 bridgehead atoms. The van der Waals surface area contributed by atoms with Crippen molar-refractivity contribution in [3.8, 4) is 17.1 Å². The van der Waals surface area contributed by atoms with Crippen LogP contribution in [0.2, 0.25) is 0 Å². The molecule has 1 saturated heterocycles. The highest BCUT2D eigenvalue weighted by Crippen LogP contribution is 2.32. The molecule has 3 aromatic heterocycles. The number of ether oxygens (including phenoxy) is 2. The number of anilines is 1. The molecule has 0 saturated carbocycles. The van der Waals surface area contributed by atoms with E-state index < -0.39 is 0 Å². The molecule has 0 aliphatic carbocycles. The van der Waals surface area contributed by atoms with Gasteiger partial charge >= 0.3 is 0 Å². The average Bonchev–Trinajstić information content (AvgIpc) is 3.31. The lowest BCUT2D eigenvalue weighted by Crippen LogP contribution is -2.44. The number of hydrogen-bond donors (Lipinski definition) is 0. The molecule has 1 fully saturated rings. The van der Waals surface area contributed by atoms with E-state index in [1.54, 1.807) is 13.4 Å². The van der Waals surface area contributed by atoms with Gasteiger partial charge in [-0.15, -0.1) is 10.2 Å². The van der Waals surface area contributed by atoms with Crippen LogP contribution in [0.25, 0.3) is 22.3 Å². The Morgan fingerprint density at radius 1 is 1.11 bits per heavy atom. The Balaban J connectivity index is 1.47. The number of nitrogens with zero attached hydrogens (tertiary/aromatic N) is 7. The minimum atomic E-state index is -0.0802. The highest BCUT2D eigenvalue weighted by atomic mass is 16.5. The second kappa shape index (κ2) is 9.81. The normalized spacial score (nSPS) is 15.4. The van der Waals surface area contributed by atoms with E-state index >= 15 is 0 Å². The summed E-state index contributed by atoms with van der Waals surface area (Å²) >= 11 is 0. The number of piperidine rings is 1. The topological polar surface area (TPSA) is 91.1 Å².